The third kappa shape index (κ3) is 4.72. The van der Waals surface area contributed by atoms with Crippen LogP contribution in [0.15, 0.2) is 27.8 Å². The Balaban J connectivity index is 1.95. The van der Waals surface area contributed by atoms with Crippen LogP contribution in [-0.2, 0) is 11.4 Å². The van der Waals surface area contributed by atoms with Crippen molar-refractivity contribution in [1.29, 1.82) is 0 Å². The Kier molecular flexibility index (Phi) is 5.65. The standard InChI is InChI=1S/C16H21N3O3S/c1-10-6-7-11(2)13(8-10)21-9-14-17-18-16(22-14)23-12(3)15(20)19(4)5/h6-8,12H,9H2,1-5H3. The maximum Gasteiger partial charge on any atom is 0.277 e. The second-order valence-corrected chi connectivity index (χ2v) is 6.80. The molecule has 0 spiro atoms. The van der Waals surface area contributed by atoms with Crippen LogP contribution >= 0.6 is 11.8 Å². The van der Waals surface area contributed by atoms with Gasteiger partial charge in [-0.05, 0) is 38.0 Å². The number of thioether (sulfide) groups is 1. The van der Waals surface area contributed by atoms with E-state index in [0.717, 1.165) is 16.9 Å². The molecule has 1 heterocycles. The molecule has 0 radical (unpaired) electrons. The molecule has 2 aromatic rings. The molecule has 0 saturated carbocycles. The van der Waals surface area contributed by atoms with Crippen LogP contribution in [0.4, 0.5) is 0 Å². The lowest BCUT2D eigenvalue weighted by molar-refractivity contribution is -0.127. The first-order valence-electron chi connectivity index (χ1n) is 7.27. The van der Waals surface area contributed by atoms with Crippen LogP contribution in [0.2, 0.25) is 0 Å². The number of carbonyl (C=O) groups excluding carboxylic acids is 1. The van der Waals surface area contributed by atoms with Crippen molar-refractivity contribution in [1.82, 2.24) is 15.1 Å². The molecule has 2 rings (SSSR count). The SMILES string of the molecule is Cc1ccc(C)c(OCc2nnc(SC(C)C(=O)N(C)C)o2)c1. The van der Waals surface area contributed by atoms with E-state index >= 15 is 0 Å². The molecule has 23 heavy (non-hydrogen) atoms. The number of nitrogens with zero attached hydrogens (tertiary/aromatic N) is 3. The molecule has 124 valence electrons. The van der Waals surface area contributed by atoms with Crippen molar-refractivity contribution in [2.75, 3.05) is 14.1 Å². The van der Waals surface area contributed by atoms with Gasteiger partial charge in [0.1, 0.15) is 5.75 Å². The van der Waals surface area contributed by atoms with E-state index < -0.39 is 0 Å². The highest BCUT2D eigenvalue weighted by molar-refractivity contribution is 8.00. The molecule has 0 saturated heterocycles. The van der Waals surface area contributed by atoms with Gasteiger partial charge in [0.15, 0.2) is 6.61 Å². The molecule has 0 bridgehead atoms. The summed E-state index contributed by atoms with van der Waals surface area (Å²) in [7, 11) is 3.44. The van der Waals surface area contributed by atoms with Gasteiger partial charge in [-0.2, -0.15) is 0 Å². The van der Waals surface area contributed by atoms with Gasteiger partial charge in [0.2, 0.25) is 5.91 Å². The first kappa shape index (κ1) is 17.3. The summed E-state index contributed by atoms with van der Waals surface area (Å²) >= 11 is 1.24. The molecule has 6 nitrogen and oxygen atoms in total. The van der Waals surface area contributed by atoms with Gasteiger partial charge in [-0.3, -0.25) is 4.79 Å². The fraction of sp³-hybridized carbons (Fsp3) is 0.438. The highest BCUT2D eigenvalue weighted by atomic mass is 32.2. The zero-order valence-corrected chi connectivity index (χ0v) is 14.8. The van der Waals surface area contributed by atoms with E-state index in [0.29, 0.717) is 11.1 Å². The fourth-order valence-electron chi connectivity index (χ4n) is 1.91. The first-order chi connectivity index (χ1) is 10.9. The zero-order valence-electron chi connectivity index (χ0n) is 14.0. The van der Waals surface area contributed by atoms with E-state index in [1.807, 2.05) is 39.0 Å². The number of aryl methyl sites for hydroxylation is 2. The molecule has 0 N–H and O–H groups in total. The molecular formula is C16H21N3O3S. The number of hydrogen-bond donors (Lipinski definition) is 0. The monoisotopic (exact) mass is 335 g/mol. The van der Waals surface area contributed by atoms with Gasteiger partial charge >= 0.3 is 0 Å². The molecule has 0 aliphatic heterocycles. The Hall–Kier alpha value is -2.02. The first-order valence-corrected chi connectivity index (χ1v) is 8.15. The third-order valence-electron chi connectivity index (χ3n) is 3.21. The number of amides is 1. The predicted octanol–water partition coefficient (Wildman–Crippen LogP) is 2.83. The zero-order chi connectivity index (χ0) is 17.0. The number of ether oxygens (including phenoxy) is 1. The Morgan fingerprint density at radius 3 is 2.78 bits per heavy atom. The lowest BCUT2D eigenvalue weighted by Gasteiger charge is -2.14. The van der Waals surface area contributed by atoms with Crippen molar-refractivity contribution >= 4 is 17.7 Å². The Labute approximate surface area is 140 Å². The minimum atomic E-state index is -0.279. The summed E-state index contributed by atoms with van der Waals surface area (Å²) in [6, 6.07) is 6.01. The Morgan fingerprint density at radius 2 is 2.09 bits per heavy atom. The predicted molar refractivity (Wildman–Crippen MR) is 88.6 cm³/mol. The van der Waals surface area contributed by atoms with E-state index in [4.69, 9.17) is 9.15 Å². The summed E-state index contributed by atoms with van der Waals surface area (Å²) in [5, 5.41) is 7.99. The van der Waals surface area contributed by atoms with Gasteiger partial charge in [-0.15, -0.1) is 10.2 Å². The quantitative estimate of drug-likeness (QED) is 0.756. The number of carbonyl (C=O) groups is 1. The average molecular weight is 335 g/mol. The summed E-state index contributed by atoms with van der Waals surface area (Å²) < 4.78 is 11.2. The van der Waals surface area contributed by atoms with Gasteiger partial charge in [-0.1, -0.05) is 23.9 Å². The van der Waals surface area contributed by atoms with Crippen LogP contribution in [-0.4, -0.2) is 40.3 Å². The average Bonchev–Trinajstić information content (AvgIpc) is 2.94. The Bertz CT molecular complexity index is 685. The van der Waals surface area contributed by atoms with Crippen LogP contribution < -0.4 is 4.74 Å². The lowest BCUT2D eigenvalue weighted by Crippen LogP contribution is -2.29. The molecule has 0 fully saturated rings. The van der Waals surface area contributed by atoms with Gasteiger partial charge in [-0.25, -0.2) is 0 Å². The molecule has 1 aromatic carbocycles. The largest absolute Gasteiger partial charge is 0.484 e. The molecule has 1 unspecified atom stereocenters. The summed E-state index contributed by atoms with van der Waals surface area (Å²) in [5.74, 6) is 1.19. The van der Waals surface area contributed by atoms with Crippen molar-refractivity contribution in [3.63, 3.8) is 0 Å². The van der Waals surface area contributed by atoms with Crippen molar-refractivity contribution in [3.8, 4) is 5.75 Å². The second-order valence-electron chi connectivity index (χ2n) is 5.51. The minimum absolute atomic E-state index is 0.00128. The highest BCUT2D eigenvalue weighted by Crippen LogP contribution is 2.24. The van der Waals surface area contributed by atoms with Crippen molar-refractivity contribution in [3.05, 3.63) is 35.2 Å². The van der Waals surface area contributed by atoms with Crippen molar-refractivity contribution < 1.29 is 13.9 Å². The van der Waals surface area contributed by atoms with Gasteiger partial charge in [0, 0.05) is 14.1 Å². The van der Waals surface area contributed by atoms with Crippen LogP contribution in [0.5, 0.6) is 5.75 Å². The van der Waals surface area contributed by atoms with E-state index in [1.165, 1.54) is 11.8 Å². The maximum atomic E-state index is 11.8. The molecule has 7 heteroatoms. The van der Waals surface area contributed by atoms with Crippen LogP contribution in [0.1, 0.15) is 23.9 Å². The highest BCUT2D eigenvalue weighted by Gasteiger charge is 2.19. The van der Waals surface area contributed by atoms with Crippen molar-refractivity contribution in [2.45, 2.75) is 37.9 Å². The van der Waals surface area contributed by atoms with E-state index in [2.05, 4.69) is 10.2 Å². The topological polar surface area (TPSA) is 68.5 Å². The lowest BCUT2D eigenvalue weighted by atomic mass is 10.1. The number of aromatic nitrogens is 2. The molecular weight excluding hydrogens is 314 g/mol. The number of rotatable bonds is 6. The Morgan fingerprint density at radius 1 is 1.35 bits per heavy atom. The smallest absolute Gasteiger partial charge is 0.277 e. The second kappa shape index (κ2) is 7.50. The molecule has 1 atom stereocenters. The molecule has 1 amide bonds. The molecule has 0 aliphatic carbocycles. The summed E-state index contributed by atoms with van der Waals surface area (Å²) in [5.41, 5.74) is 2.18. The van der Waals surface area contributed by atoms with Gasteiger partial charge in [0.05, 0.1) is 5.25 Å². The molecule has 0 aliphatic rings. The maximum absolute atomic E-state index is 11.8. The minimum Gasteiger partial charge on any atom is -0.484 e. The van der Waals surface area contributed by atoms with Gasteiger partial charge in [0.25, 0.3) is 11.1 Å². The van der Waals surface area contributed by atoms with Gasteiger partial charge < -0.3 is 14.1 Å². The van der Waals surface area contributed by atoms with Crippen LogP contribution in [0.3, 0.4) is 0 Å². The molecule has 1 aromatic heterocycles. The van der Waals surface area contributed by atoms with Crippen molar-refractivity contribution in [2.24, 2.45) is 0 Å². The van der Waals surface area contributed by atoms with Crippen LogP contribution in [0.25, 0.3) is 0 Å². The normalized spacial score (nSPS) is 12.0. The number of hydrogen-bond acceptors (Lipinski definition) is 6. The fourth-order valence-corrected chi connectivity index (χ4v) is 2.76. The van der Waals surface area contributed by atoms with E-state index in [9.17, 15) is 4.79 Å². The van der Waals surface area contributed by atoms with Crippen LogP contribution in [0, 0.1) is 13.8 Å². The summed E-state index contributed by atoms with van der Waals surface area (Å²) in [6.07, 6.45) is 0. The van der Waals surface area contributed by atoms with E-state index in [1.54, 1.807) is 19.0 Å². The van der Waals surface area contributed by atoms with E-state index in [-0.39, 0.29) is 17.8 Å². The summed E-state index contributed by atoms with van der Waals surface area (Å²) in [4.78, 5) is 13.4. The summed E-state index contributed by atoms with van der Waals surface area (Å²) in [6.45, 7) is 6.01. The number of benzene rings is 1. The third-order valence-corrected chi connectivity index (χ3v) is 4.13.